The van der Waals surface area contributed by atoms with E-state index in [4.69, 9.17) is 28.1 Å². The van der Waals surface area contributed by atoms with Gasteiger partial charge in [0.05, 0.1) is 40.2 Å². The predicted molar refractivity (Wildman–Crippen MR) is 148 cm³/mol. The Balaban J connectivity index is 1.38. The molecule has 2 amide bonds. The summed E-state index contributed by atoms with van der Waals surface area (Å²) in [5.41, 5.74) is 1.25. The third kappa shape index (κ3) is 7.30. The second kappa shape index (κ2) is 13.4. The van der Waals surface area contributed by atoms with Gasteiger partial charge in [-0.05, 0) is 42.0 Å². The molecular weight excluding hydrogens is 530 g/mol. The normalized spacial score (nSPS) is 14.5. The molecule has 11 heteroatoms. The van der Waals surface area contributed by atoms with Gasteiger partial charge in [-0.1, -0.05) is 6.07 Å². The Labute approximate surface area is 239 Å². The van der Waals surface area contributed by atoms with E-state index in [0.29, 0.717) is 67.2 Å². The number of hydrogen-bond acceptors (Lipinski definition) is 9. The fourth-order valence-corrected chi connectivity index (χ4v) is 4.80. The van der Waals surface area contributed by atoms with Crippen molar-refractivity contribution in [2.45, 2.75) is 13.1 Å². The Bertz CT molecular complexity index is 1300. The van der Waals surface area contributed by atoms with Gasteiger partial charge in [0, 0.05) is 44.4 Å². The molecule has 5 rings (SSSR count). The van der Waals surface area contributed by atoms with Crippen molar-refractivity contribution in [3.8, 4) is 23.0 Å². The van der Waals surface area contributed by atoms with E-state index in [0.717, 1.165) is 18.7 Å². The molecule has 0 unspecified atom stereocenters. The van der Waals surface area contributed by atoms with Crippen LogP contribution in [0.3, 0.4) is 0 Å². The summed E-state index contributed by atoms with van der Waals surface area (Å²) in [5, 5.41) is 0. The average Bonchev–Trinajstić information content (AvgIpc) is 3.70. The molecule has 3 aromatic rings. The Morgan fingerprint density at radius 3 is 2.37 bits per heavy atom. The van der Waals surface area contributed by atoms with E-state index in [1.54, 1.807) is 40.3 Å². The molecule has 11 nitrogen and oxygen atoms in total. The first-order valence-corrected chi connectivity index (χ1v) is 13.5. The van der Waals surface area contributed by atoms with Crippen molar-refractivity contribution in [3.05, 3.63) is 71.7 Å². The summed E-state index contributed by atoms with van der Waals surface area (Å²) in [4.78, 5) is 33.3. The lowest BCUT2D eigenvalue weighted by molar-refractivity contribution is -0.133. The van der Waals surface area contributed by atoms with Crippen molar-refractivity contribution in [1.29, 1.82) is 0 Å². The fourth-order valence-electron chi connectivity index (χ4n) is 4.80. The van der Waals surface area contributed by atoms with Crippen LogP contribution in [0, 0.1) is 0 Å². The zero-order chi connectivity index (χ0) is 28.6. The number of morpholine rings is 1. The summed E-state index contributed by atoms with van der Waals surface area (Å²) in [6.45, 7) is 4.42. The van der Waals surface area contributed by atoms with Crippen molar-refractivity contribution >= 4 is 11.8 Å². The lowest BCUT2D eigenvalue weighted by atomic mass is 10.1. The van der Waals surface area contributed by atoms with Gasteiger partial charge in [0.2, 0.25) is 12.7 Å². The Hall–Kier alpha value is -4.22. The Morgan fingerprint density at radius 1 is 0.902 bits per heavy atom. The van der Waals surface area contributed by atoms with Crippen LogP contribution in [0.5, 0.6) is 23.0 Å². The van der Waals surface area contributed by atoms with Crippen molar-refractivity contribution in [1.82, 2.24) is 14.7 Å². The number of furan rings is 1. The molecule has 0 saturated carbocycles. The quantitative estimate of drug-likeness (QED) is 0.328. The number of fused-ring (bicyclic) bond motifs is 1. The van der Waals surface area contributed by atoms with E-state index in [1.165, 1.54) is 14.2 Å². The van der Waals surface area contributed by atoms with E-state index < -0.39 is 0 Å². The van der Waals surface area contributed by atoms with E-state index >= 15 is 0 Å². The highest BCUT2D eigenvalue weighted by Crippen LogP contribution is 2.33. The molecule has 1 fully saturated rings. The van der Waals surface area contributed by atoms with Crippen molar-refractivity contribution in [2.24, 2.45) is 0 Å². The van der Waals surface area contributed by atoms with Crippen LogP contribution in [0.4, 0.5) is 0 Å². The molecule has 0 aliphatic carbocycles. The summed E-state index contributed by atoms with van der Waals surface area (Å²) in [7, 11) is 3.07. The second-order valence-corrected chi connectivity index (χ2v) is 9.80. The molecule has 0 atom stereocenters. The molecule has 2 aliphatic rings. The monoisotopic (exact) mass is 565 g/mol. The third-order valence-corrected chi connectivity index (χ3v) is 7.09. The van der Waals surface area contributed by atoms with Gasteiger partial charge in [0.15, 0.2) is 11.5 Å². The highest BCUT2D eigenvalue weighted by Gasteiger charge is 2.26. The van der Waals surface area contributed by atoms with Gasteiger partial charge in [-0.2, -0.15) is 0 Å². The van der Waals surface area contributed by atoms with Crippen LogP contribution in [0.1, 0.15) is 21.7 Å². The number of nitrogens with zero attached hydrogens (tertiary/aromatic N) is 3. The van der Waals surface area contributed by atoms with Gasteiger partial charge >= 0.3 is 0 Å². The zero-order valence-corrected chi connectivity index (χ0v) is 23.4. The maximum absolute atomic E-state index is 13.9. The van der Waals surface area contributed by atoms with Crippen LogP contribution in [0.25, 0.3) is 0 Å². The number of ether oxygens (including phenoxy) is 5. The third-order valence-electron chi connectivity index (χ3n) is 7.09. The summed E-state index contributed by atoms with van der Waals surface area (Å²) >= 11 is 0. The van der Waals surface area contributed by atoms with Crippen LogP contribution in [0.15, 0.2) is 59.2 Å². The molecular formula is C30H35N3O8. The molecule has 0 spiro atoms. The molecule has 41 heavy (non-hydrogen) atoms. The summed E-state index contributed by atoms with van der Waals surface area (Å²) in [6, 6.07) is 14.2. The van der Waals surface area contributed by atoms with Crippen LogP contribution in [-0.2, 0) is 22.6 Å². The number of rotatable bonds is 12. The minimum absolute atomic E-state index is 0.117. The van der Waals surface area contributed by atoms with Crippen molar-refractivity contribution in [2.75, 3.05) is 67.0 Å². The van der Waals surface area contributed by atoms with E-state index in [1.807, 2.05) is 24.3 Å². The first-order valence-electron chi connectivity index (χ1n) is 13.5. The molecule has 0 bridgehead atoms. The number of benzene rings is 2. The molecule has 1 saturated heterocycles. The standard InChI is InChI=1S/C30H35N3O8/c1-36-25-15-23(16-26(17-25)37-2)30(35)32(8-7-31-9-12-38-13-10-31)20-29(34)33(19-24-4-3-11-39-24)18-22-5-6-27-28(14-22)41-21-40-27/h3-6,11,14-17H,7-10,12-13,18-21H2,1-2H3. The van der Waals surface area contributed by atoms with Gasteiger partial charge in [-0.15, -0.1) is 0 Å². The first kappa shape index (κ1) is 28.3. The zero-order valence-electron chi connectivity index (χ0n) is 23.4. The maximum Gasteiger partial charge on any atom is 0.254 e. The smallest absolute Gasteiger partial charge is 0.254 e. The van der Waals surface area contributed by atoms with Gasteiger partial charge in [0.25, 0.3) is 5.91 Å². The topological polar surface area (TPSA) is 103 Å². The molecule has 2 aromatic carbocycles. The van der Waals surface area contributed by atoms with Crippen LogP contribution >= 0.6 is 0 Å². The highest BCUT2D eigenvalue weighted by molar-refractivity contribution is 5.97. The van der Waals surface area contributed by atoms with E-state index in [9.17, 15) is 9.59 Å². The Morgan fingerprint density at radius 2 is 1.66 bits per heavy atom. The second-order valence-electron chi connectivity index (χ2n) is 9.80. The first-order chi connectivity index (χ1) is 20.0. The number of hydrogen-bond donors (Lipinski definition) is 0. The summed E-state index contributed by atoms with van der Waals surface area (Å²) < 4.78 is 32.7. The average molecular weight is 566 g/mol. The van der Waals surface area contributed by atoms with Crippen molar-refractivity contribution < 1.29 is 37.7 Å². The molecule has 0 radical (unpaired) electrons. The maximum atomic E-state index is 13.9. The lowest BCUT2D eigenvalue weighted by Gasteiger charge is -2.31. The van der Waals surface area contributed by atoms with Crippen LogP contribution in [-0.4, -0.2) is 93.5 Å². The van der Waals surface area contributed by atoms with Crippen LogP contribution < -0.4 is 18.9 Å². The number of carbonyl (C=O) groups is 2. The van der Waals surface area contributed by atoms with Gasteiger partial charge in [-0.25, -0.2) is 0 Å². The van der Waals surface area contributed by atoms with E-state index in [-0.39, 0.29) is 31.7 Å². The van der Waals surface area contributed by atoms with Gasteiger partial charge < -0.3 is 37.9 Å². The minimum Gasteiger partial charge on any atom is -0.497 e. The molecule has 2 aliphatic heterocycles. The predicted octanol–water partition coefficient (Wildman–Crippen LogP) is 3.03. The largest absolute Gasteiger partial charge is 0.497 e. The molecule has 218 valence electrons. The molecule has 1 aromatic heterocycles. The van der Waals surface area contributed by atoms with Crippen molar-refractivity contribution in [3.63, 3.8) is 0 Å². The fraction of sp³-hybridized carbons (Fsp3) is 0.400. The number of methoxy groups -OCH3 is 2. The minimum atomic E-state index is -0.287. The lowest BCUT2D eigenvalue weighted by Crippen LogP contribution is -2.47. The SMILES string of the molecule is COc1cc(OC)cc(C(=O)N(CCN2CCOCC2)CC(=O)N(Cc2ccc3c(c2)OCO3)Cc2ccco2)c1. The number of amides is 2. The number of carbonyl (C=O) groups excluding carboxylic acids is 2. The highest BCUT2D eigenvalue weighted by atomic mass is 16.7. The molecule has 3 heterocycles. The Kier molecular flexibility index (Phi) is 9.27. The molecule has 0 N–H and O–H groups in total. The van der Waals surface area contributed by atoms with Crippen LogP contribution in [0.2, 0.25) is 0 Å². The van der Waals surface area contributed by atoms with E-state index in [2.05, 4.69) is 4.90 Å². The van der Waals surface area contributed by atoms with Gasteiger partial charge in [-0.3, -0.25) is 14.5 Å². The van der Waals surface area contributed by atoms with Gasteiger partial charge in [0.1, 0.15) is 23.8 Å². The summed E-state index contributed by atoms with van der Waals surface area (Å²) in [6.07, 6.45) is 1.58. The summed E-state index contributed by atoms with van der Waals surface area (Å²) in [5.74, 6) is 2.44.